The number of carbonyl (C=O) groups is 2. The van der Waals surface area contributed by atoms with Gasteiger partial charge in [-0.3, -0.25) is 14.2 Å². The largest absolute Gasteiger partial charge is 0.461 e. The number of rotatable bonds is 8. The molecule has 0 unspecified atom stereocenters. The molecule has 9 heteroatoms. The minimum atomic E-state index is -0.819. The predicted molar refractivity (Wildman–Crippen MR) is 109 cm³/mol. The first-order chi connectivity index (χ1) is 14.0. The summed E-state index contributed by atoms with van der Waals surface area (Å²) < 4.78 is 12.6. The summed E-state index contributed by atoms with van der Waals surface area (Å²) >= 11 is 1.23. The maximum absolute atomic E-state index is 12.4. The summed E-state index contributed by atoms with van der Waals surface area (Å²) in [7, 11) is 0. The fraction of sp³-hybridized carbons (Fsp3) is 0.600. The van der Waals surface area contributed by atoms with Crippen molar-refractivity contribution in [3.05, 3.63) is 18.4 Å². The second-order valence-electron chi connectivity index (χ2n) is 7.33. The zero-order chi connectivity index (χ0) is 20.8. The van der Waals surface area contributed by atoms with Crippen LogP contribution in [0, 0.1) is 5.92 Å². The minimum Gasteiger partial charge on any atom is -0.461 e. The monoisotopic (exact) mass is 420 g/mol. The Hall–Kier alpha value is -2.29. The standard InChI is InChI=1S/C20H28N4O4S/c1-4-24-18(16-10-7-11-27-16)22-23-20(24)29-12-17(25)28-14(3)19(26)21-15-9-6-5-8-13(15)2/h7,10-11,13-15H,4-6,8-9,12H2,1-3H3,(H,21,26)/t13-,14-,15+/m0/s1. The van der Waals surface area contributed by atoms with Crippen molar-refractivity contribution in [1.82, 2.24) is 20.1 Å². The van der Waals surface area contributed by atoms with Crippen LogP contribution in [-0.2, 0) is 20.9 Å². The molecule has 1 aliphatic carbocycles. The normalized spacial score (nSPS) is 20.2. The summed E-state index contributed by atoms with van der Waals surface area (Å²) in [6, 6.07) is 3.76. The van der Waals surface area contributed by atoms with E-state index in [-0.39, 0.29) is 17.7 Å². The molecule has 1 fully saturated rings. The van der Waals surface area contributed by atoms with E-state index < -0.39 is 12.1 Å². The number of nitrogens with one attached hydrogen (secondary N) is 1. The van der Waals surface area contributed by atoms with Gasteiger partial charge in [-0.1, -0.05) is 31.5 Å². The van der Waals surface area contributed by atoms with Crippen molar-refractivity contribution in [2.45, 2.75) is 70.3 Å². The third-order valence-corrected chi connectivity index (χ3v) is 6.15. The average molecular weight is 421 g/mol. The van der Waals surface area contributed by atoms with Crippen LogP contribution < -0.4 is 5.32 Å². The van der Waals surface area contributed by atoms with Crippen LogP contribution in [0.4, 0.5) is 0 Å². The maximum atomic E-state index is 12.4. The SMILES string of the molecule is CCn1c(SCC(=O)O[C@@H](C)C(=O)N[C@@H]2CCCC[C@@H]2C)nnc1-c1ccco1. The number of thioether (sulfide) groups is 1. The van der Waals surface area contributed by atoms with E-state index in [1.165, 1.54) is 18.2 Å². The van der Waals surface area contributed by atoms with Crippen molar-refractivity contribution in [1.29, 1.82) is 0 Å². The highest BCUT2D eigenvalue weighted by Crippen LogP contribution is 2.25. The van der Waals surface area contributed by atoms with Gasteiger partial charge < -0.3 is 14.5 Å². The van der Waals surface area contributed by atoms with Crippen LogP contribution in [0.15, 0.2) is 28.0 Å². The molecule has 2 aromatic rings. The van der Waals surface area contributed by atoms with E-state index in [9.17, 15) is 9.59 Å². The predicted octanol–water partition coefficient (Wildman–Crippen LogP) is 3.28. The van der Waals surface area contributed by atoms with Gasteiger partial charge in [0.05, 0.1) is 12.0 Å². The van der Waals surface area contributed by atoms with Crippen LogP contribution >= 0.6 is 11.8 Å². The van der Waals surface area contributed by atoms with Crippen LogP contribution in [0.3, 0.4) is 0 Å². The highest BCUT2D eigenvalue weighted by molar-refractivity contribution is 7.99. The van der Waals surface area contributed by atoms with Gasteiger partial charge in [-0.05, 0) is 44.7 Å². The molecular weight excluding hydrogens is 392 g/mol. The molecule has 1 amide bonds. The van der Waals surface area contributed by atoms with Crippen molar-refractivity contribution in [2.24, 2.45) is 5.92 Å². The Morgan fingerprint density at radius 1 is 1.38 bits per heavy atom. The second-order valence-corrected chi connectivity index (χ2v) is 8.27. The number of hydrogen-bond acceptors (Lipinski definition) is 7. The number of furan rings is 1. The van der Waals surface area contributed by atoms with Crippen molar-refractivity contribution >= 4 is 23.6 Å². The van der Waals surface area contributed by atoms with Crippen LogP contribution in [-0.4, -0.2) is 44.5 Å². The van der Waals surface area contributed by atoms with E-state index >= 15 is 0 Å². The first-order valence-electron chi connectivity index (χ1n) is 10.1. The molecule has 0 aromatic carbocycles. The summed E-state index contributed by atoms with van der Waals surface area (Å²) in [4.78, 5) is 24.6. The molecule has 8 nitrogen and oxygen atoms in total. The Morgan fingerprint density at radius 2 is 2.17 bits per heavy atom. The lowest BCUT2D eigenvalue weighted by molar-refractivity contribution is -0.152. The van der Waals surface area contributed by atoms with Gasteiger partial charge in [-0.2, -0.15) is 0 Å². The molecule has 0 aliphatic heterocycles. The first kappa shape index (κ1) is 21.4. The Morgan fingerprint density at radius 3 is 2.86 bits per heavy atom. The van der Waals surface area contributed by atoms with E-state index in [2.05, 4.69) is 22.4 Å². The van der Waals surface area contributed by atoms with Gasteiger partial charge in [0.1, 0.15) is 0 Å². The maximum Gasteiger partial charge on any atom is 0.317 e. The fourth-order valence-electron chi connectivity index (χ4n) is 3.51. The summed E-state index contributed by atoms with van der Waals surface area (Å²) in [6.07, 6.45) is 5.19. The third-order valence-electron chi connectivity index (χ3n) is 5.21. The lowest BCUT2D eigenvalue weighted by atomic mass is 9.86. The summed E-state index contributed by atoms with van der Waals surface area (Å²) in [6.45, 7) is 6.36. The molecule has 1 aliphatic rings. The number of carbonyl (C=O) groups excluding carboxylic acids is 2. The van der Waals surface area contributed by atoms with Crippen LogP contribution in [0.1, 0.15) is 46.5 Å². The van der Waals surface area contributed by atoms with Crippen molar-refractivity contribution in [3.63, 3.8) is 0 Å². The van der Waals surface area contributed by atoms with Crippen LogP contribution in [0.2, 0.25) is 0 Å². The Balaban J connectivity index is 1.50. The second kappa shape index (κ2) is 9.96. The van der Waals surface area contributed by atoms with E-state index in [1.807, 2.05) is 17.6 Å². The van der Waals surface area contributed by atoms with Gasteiger partial charge in [0.25, 0.3) is 5.91 Å². The molecule has 0 saturated heterocycles. The molecular formula is C20H28N4O4S. The number of hydrogen-bond donors (Lipinski definition) is 1. The molecule has 2 aromatic heterocycles. The van der Waals surface area contributed by atoms with Crippen LogP contribution in [0.25, 0.3) is 11.6 Å². The fourth-order valence-corrected chi connectivity index (χ4v) is 4.29. The molecule has 0 radical (unpaired) electrons. The van der Waals surface area contributed by atoms with Crippen molar-refractivity contribution in [2.75, 3.05) is 5.75 Å². The molecule has 29 heavy (non-hydrogen) atoms. The van der Waals surface area contributed by atoms with Gasteiger partial charge in [-0.25, -0.2) is 0 Å². The first-order valence-corrected chi connectivity index (χ1v) is 11.1. The van der Waals surface area contributed by atoms with Crippen molar-refractivity contribution < 1.29 is 18.7 Å². The zero-order valence-corrected chi connectivity index (χ0v) is 17.9. The smallest absolute Gasteiger partial charge is 0.317 e. The number of esters is 1. The van der Waals surface area contributed by atoms with E-state index in [4.69, 9.17) is 9.15 Å². The van der Waals surface area contributed by atoms with E-state index in [1.54, 1.807) is 19.3 Å². The number of nitrogens with zero attached hydrogens (tertiary/aromatic N) is 3. The number of amides is 1. The summed E-state index contributed by atoms with van der Waals surface area (Å²) in [5.74, 6) is 1.04. The van der Waals surface area contributed by atoms with Crippen LogP contribution in [0.5, 0.6) is 0 Å². The van der Waals surface area contributed by atoms with Gasteiger partial charge in [0.15, 0.2) is 22.8 Å². The van der Waals surface area contributed by atoms with Gasteiger partial charge in [-0.15, -0.1) is 10.2 Å². The summed E-state index contributed by atoms with van der Waals surface area (Å²) in [5, 5.41) is 11.9. The topological polar surface area (TPSA) is 99.2 Å². The molecule has 158 valence electrons. The van der Waals surface area contributed by atoms with Gasteiger partial charge in [0.2, 0.25) is 0 Å². The molecule has 3 atom stereocenters. The molecule has 0 spiro atoms. The number of ether oxygens (including phenoxy) is 1. The third kappa shape index (κ3) is 5.41. The minimum absolute atomic E-state index is 0.0493. The summed E-state index contributed by atoms with van der Waals surface area (Å²) in [5.41, 5.74) is 0. The van der Waals surface area contributed by atoms with Crippen molar-refractivity contribution in [3.8, 4) is 11.6 Å². The van der Waals surface area contributed by atoms with Gasteiger partial charge >= 0.3 is 5.97 Å². The Labute approximate surface area is 174 Å². The number of aromatic nitrogens is 3. The lowest BCUT2D eigenvalue weighted by Gasteiger charge is -2.30. The Kier molecular flexibility index (Phi) is 7.35. The highest BCUT2D eigenvalue weighted by Gasteiger charge is 2.26. The van der Waals surface area contributed by atoms with E-state index in [0.29, 0.717) is 29.2 Å². The Bertz CT molecular complexity index is 821. The highest BCUT2D eigenvalue weighted by atomic mass is 32.2. The lowest BCUT2D eigenvalue weighted by Crippen LogP contribution is -2.46. The molecule has 1 N–H and O–H groups in total. The molecule has 2 heterocycles. The quantitative estimate of drug-likeness (QED) is 0.517. The van der Waals surface area contributed by atoms with E-state index in [0.717, 1.165) is 19.3 Å². The molecule has 3 rings (SSSR count). The molecule has 1 saturated carbocycles. The van der Waals surface area contributed by atoms with Gasteiger partial charge in [0, 0.05) is 12.6 Å². The zero-order valence-electron chi connectivity index (χ0n) is 17.1. The average Bonchev–Trinajstić information content (AvgIpc) is 3.37. The molecule has 0 bridgehead atoms.